The Morgan fingerprint density at radius 2 is 1.96 bits per heavy atom. The quantitative estimate of drug-likeness (QED) is 0.815. The van der Waals surface area contributed by atoms with E-state index in [0.29, 0.717) is 35.4 Å². The van der Waals surface area contributed by atoms with E-state index in [2.05, 4.69) is 5.32 Å². The average molecular weight is 347 g/mol. The number of likely N-dealkylation sites (tertiary alicyclic amines) is 1. The van der Waals surface area contributed by atoms with Crippen LogP contribution < -0.4 is 20.5 Å². The van der Waals surface area contributed by atoms with Gasteiger partial charge in [0.05, 0.1) is 20.8 Å². The molecule has 1 heterocycles. The van der Waals surface area contributed by atoms with Crippen LogP contribution in [0.4, 0.5) is 0 Å². The molecule has 1 aromatic rings. The third-order valence-electron chi connectivity index (χ3n) is 5.31. The molecule has 0 spiro atoms. The van der Waals surface area contributed by atoms with Crippen LogP contribution in [-0.4, -0.2) is 56.6 Å². The number of carbonyl (C=O) groups excluding carboxylic acids is 2. The molecule has 0 bridgehead atoms. The summed E-state index contributed by atoms with van der Waals surface area (Å²) in [6, 6.07) is 5.10. The van der Waals surface area contributed by atoms with Gasteiger partial charge in [0.15, 0.2) is 11.5 Å². The van der Waals surface area contributed by atoms with Gasteiger partial charge >= 0.3 is 0 Å². The number of amides is 2. The van der Waals surface area contributed by atoms with Gasteiger partial charge in [0.25, 0.3) is 5.91 Å². The first-order valence-corrected chi connectivity index (χ1v) is 8.57. The van der Waals surface area contributed by atoms with E-state index in [1.54, 1.807) is 18.2 Å². The maximum Gasteiger partial charge on any atom is 0.251 e. The van der Waals surface area contributed by atoms with Gasteiger partial charge in [-0.05, 0) is 42.9 Å². The number of nitrogens with zero attached hydrogens (tertiary/aromatic N) is 1. The molecule has 1 saturated carbocycles. The van der Waals surface area contributed by atoms with Crippen molar-refractivity contribution in [1.82, 2.24) is 10.2 Å². The monoisotopic (exact) mass is 347 g/mol. The molecule has 136 valence electrons. The SMILES string of the molecule is COc1ccc(C(=O)NCC(=O)N2CC3CCC(N)C3C2)cc1OC. The van der Waals surface area contributed by atoms with Gasteiger partial charge in [-0.1, -0.05) is 0 Å². The number of nitrogens with one attached hydrogen (secondary N) is 1. The highest BCUT2D eigenvalue weighted by molar-refractivity contribution is 5.97. The first-order valence-electron chi connectivity index (χ1n) is 8.57. The average Bonchev–Trinajstić information content (AvgIpc) is 3.21. The predicted molar refractivity (Wildman–Crippen MR) is 92.6 cm³/mol. The molecule has 3 N–H and O–H groups in total. The Balaban J connectivity index is 1.55. The first-order chi connectivity index (χ1) is 12.0. The van der Waals surface area contributed by atoms with Crippen LogP contribution in [0.1, 0.15) is 23.2 Å². The smallest absolute Gasteiger partial charge is 0.251 e. The number of benzene rings is 1. The molecular formula is C18H25N3O4. The number of hydrogen-bond acceptors (Lipinski definition) is 5. The van der Waals surface area contributed by atoms with Crippen molar-refractivity contribution in [3.05, 3.63) is 23.8 Å². The summed E-state index contributed by atoms with van der Waals surface area (Å²) in [6.07, 6.45) is 2.14. The van der Waals surface area contributed by atoms with Gasteiger partial charge < -0.3 is 25.4 Å². The van der Waals surface area contributed by atoms with Gasteiger partial charge in [-0.25, -0.2) is 0 Å². The Hall–Kier alpha value is -2.28. The zero-order valence-corrected chi connectivity index (χ0v) is 14.7. The Kier molecular flexibility index (Phi) is 5.13. The van der Waals surface area contributed by atoms with Gasteiger partial charge in [0, 0.05) is 24.7 Å². The standard InChI is InChI=1S/C18H25N3O4/c1-24-15-6-4-11(7-16(15)25-2)18(23)20-8-17(22)21-9-12-3-5-14(19)13(12)10-21/h4,6-7,12-14H,3,5,8-10,19H2,1-2H3,(H,20,23). The number of hydrogen-bond donors (Lipinski definition) is 2. The van der Waals surface area contributed by atoms with Crippen LogP contribution in [0, 0.1) is 11.8 Å². The molecule has 2 amide bonds. The fourth-order valence-corrected chi connectivity index (χ4v) is 3.86. The molecule has 1 aromatic carbocycles. The minimum Gasteiger partial charge on any atom is -0.493 e. The van der Waals surface area contributed by atoms with E-state index in [-0.39, 0.29) is 24.4 Å². The van der Waals surface area contributed by atoms with Crippen molar-refractivity contribution in [1.29, 1.82) is 0 Å². The van der Waals surface area contributed by atoms with Crippen LogP contribution in [0.2, 0.25) is 0 Å². The Morgan fingerprint density at radius 3 is 2.64 bits per heavy atom. The van der Waals surface area contributed by atoms with Crippen molar-refractivity contribution in [2.24, 2.45) is 17.6 Å². The summed E-state index contributed by atoms with van der Waals surface area (Å²) in [5.74, 6) is 1.57. The fraction of sp³-hybridized carbons (Fsp3) is 0.556. The van der Waals surface area contributed by atoms with Gasteiger partial charge in [0.2, 0.25) is 5.91 Å². The van der Waals surface area contributed by atoms with Crippen LogP contribution in [0.15, 0.2) is 18.2 Å². The molecule has 0 radical (unpaired) electrons. The maximum atomic E-state index is 12.4. The van der Waals surface area contributed by atoms with Crippen molar-refractivity contribution in [3.8, 4) is 11.5 Å². The lowest BCUT2D eigenvalue weighted by Crippen LogP contribution is -2.40. The minimum absolute atomic E-state index is 0.0120. The second kappa shape index (κ2) is 7.31. The minimum atomic E-state index is -0.314. The largest absolute Gasteiger partial charge is 0.493 e. The van der Waals surface area contributed by atoms with E-state index in [9.17, 15) is 9.59 Å². The Labute approximate surface area is 147 Å². The predicted octanol–water partition coefficient (Wildman–Crippen LogP) is 0.629. The second-order valence-electron chi connectivity index (χ2n) is 6.72. The van der Waals surface area contributed by atoms with E-state index in [1.165, 1.54) is 14.2 Å². The summed E-state index contributed by atoms with van der Waals surface area (Å²) in [4.78, 5) is 26.5. The molecule has 3 rings (SSSR count). The molecule has 2 fully saturated rings. The van der Waals surface area contributed by atoms with Crippen molar-refractivity contribution in [2.45, 2.75) is 18.9 Å². The van der Waals surface area contributed by atoms with Gasteiger partial charge in [0.1, 0.15) is 0 Å². The van der Waals surface area contributed by atoms with Gasteiger partial charge in [-0.2, -0.15) is 0 Å². The second-order valence-corrected chi connectivity index (χ2v) is 6.72. The molecule has 3 unspecified atom stereocenters. The lowest BCUT2D eigenvalue weighted by molar-refractivity contribution is -0.129. The van der Waals surface area contributed by atoms with E-state index < -0.39 is 0 Å². The third kappa shape index (κ3) is 3.56. The molecule has 7 heteroatoms. The number of ether oxygens (including phenoxy) is 2. The van der Waals surface area contributed by atoms with E-state index in [4.69, 9.17) is 15.2 Å². The molecule has 2 aliphatic rings. The number of methoxy groups -OCH3 is 2. The Bertz CT molecular complexity index is 664. The molecule has 3 atom stereocenters. The first kappa shape index (κ1) is 17.5. The van der Waals surface area contributed by atoms with Crippen LogP contribution in [0.25, 0.3) is 0 Å². The summed E-state index contributed by atoms with van der Waals surface area (Å²) in [7, 11) is 3.05. The van der Waals surface area contributed by atoms with E-state index >= 15 is 0 Å². The molecule has 1 aliphatic heterocycles. The highest BCUT2D eigenvalue weighted by atomic mass is 16.5. The summed E-state index contributed by atoms with van der Waals surface area (Å²) in [6.45, 7) is 1.45. The van der Waals surface area contributed by atoms with Crippen LogP contribution in [0.5, 0.6) is 11.5 Å². The van der Waals surface area contributed by atoms with Crippen LogP contribution in [-0.2, 0) is 4.79 Å². The van der Waals surface area contributed by atoms with Crippen molar-refractivity contribution in [3.63, 3.8) is 0 Å². The van der Waals surface area contributed by atoms with Crippen molar-refractivity contribution < 1.29 is 19.1 Å². The number of carbonyl (C=O) groups is 2. The number of nitrogens with two attached hydrogens (primary N) is 1. The van der Waals surface area contributed by atoms with E-state index in [1.807, 2.05) is 4.90 Å². The number of fused-ring (bicyclic) bond motifs is 1. The zero-order chi connectivity index (χ0) is 18.0. The number of rotatable bonds is 5. The zero-order valence-electron chi connectivity index (χ0n) is 14.7. The molecule has 1 aliphatic carbocycles. The molecular weight excluding hydrogens is 322 g/mol. The normalized spacial score (nSPS) is 24.8. The van der Waals surface area contributed by atoms with Crippen molar-refractivity contribution in [2.75, 3.05) is 33.9 Å². The molecule has 25 heavy (non-hydrogen) atoms. The van der Waals surface area contributed by atoms with E-state index in [0.717, 1.165) is 19.4 Å². The summed E-state index contributed by atoms with van der Waals surface area (Å²) >= 11 is 0. The van der Waals surface area contributed by atoms with Crippen LogP contribution >= 0.6 is 0 Å². The lowest BCUT2D eigenvalue weighted by atomic mass is 9.98. The maximum absolute atomic E-state index is 12.4. The molecule has 0 aromatic heterocycles. The summed E-state index contributed by atoms with van der Waals surface area (Å²) in [5.41, 5.74) is 6.52. The van der Waals surface area contributed by atoms with Gasteiger partial charge in [-0.3, -0.25) is 9.59 Å². The molecule has 1 saturated heterocycles. The highest BCUT2D eigenvalue weighted by Gasteiger charge is 2.42. The Morgan fingerprint density at radius 1 is 1.20 bits per heavy atom. The third-order valence-corrected chi connectivity index (χ3v) is 5.31. The van der Waals surface area contributed by atoms with Crippen LogP contribution in [0.3, 0.4) is 0 Å². The highest BCUT2D eigenvalue weighted by Crippen LogP contribution is 2.37. The fourth-order valence-electron chi connectivity index (χ4n) is 3.86. The van der Waals surface area contributed by atoms with Gasteiger partial charge in [-0.15, -0.1) is 0 Å². The topological polar surface area (TPSA) is 93.9 Å². The molecule has 7 nitrogen and oxygen atoms in total. The summed E-state index contributed by atoms with van der Waals surface area (Å²) < 4.78 is 10.3. The van der Waals surface area contributed by atoms with Crippen molar-refractivity contribution >= 4 is 11.8 Å². The lowest BCUT2D eigenvalue weighted by Gasteiger charge is -2.19. The summed E-state index contributed by atoms with van der Waals surface area (Å²) in [5, 5.41) is 2.68.